The number of aryl methyl sites for hydroxylation is 1. The summed E-state index contributed by atoms with van der Waals surface area (Å²) >= 11 is 0. The van der Waals surface area contributed by atoms with Gasteiger partial charge in [0.2, 0.25) is 0 Å². The van der Waals surface area contributed by atoms with Crippen LogP contribution in [0.4, 0.5) is 0 Å². The highest BCUT2D eigenvalue weighted by Crippen LogP contribution is 2.31. The Morgan fingerprint density at radius 2 is 2.18 bits per heavy atom. The molecule has 4 nitrogen and oxygen atoms in total. The molecular formula is C18H23N3O. The predicted molar refractivity (Wildman–Crippen MR) is 86.8 cm³/mol. The fourth-order valence-corrected chi connectivity index (χ4v) is 3.18. The van der Waals surface area contributed by atoms with Crippen molar-refractivity contribution in [2.24, 2.45) is 0 Å². The SMILES string of the molecule is COc1cccc(CN2CCCC[C@@H]2c2ccnc(C)n2)c1. The largest absolute Gasteiger partial charge is 0.497 e. The summed E-state index contributed by atoms with van der Waals surface area (Å²) in [6.07, 6.45) is 5.56. The number of rotatable bonds is 4. The Morgan fingerprint density at radius 3 is 3.00 bits per heavy atom. The van der Waals surface area contributed by atoms with E-state index in [1.165, 1.54) is 24.8 Å². The summed E-state index contributed by atoms with van der Waals surface area (Å²) in [4.78, 5) is 11.4. The van der Waals surface area contributed by atoms with E-state index in [2.05, 4.69) is 39.1 Å². The second-order valence-corrected chi connectivity index (χ2v) is 5.86. The van der Waals surface area contributed by atoms with Crippen molar-refractivity contribution < 1.29 is 4.74 Å². The molecule has 1 aromatic heterocycles. The molecule has 0 unspecified atom stereocenters. The Bertz CT molecular complexity index is 629. The molecule has 1 fully saturated rings. The van der Waals surface area contributed by atoms with Crippen molar-refractivity contribution in [3.8, 4) is 5.75 Å². The molecule has 1 aromatic carbocycles. The summed E-state index contributed by atoms with van der Waals surface area (Å²) in [6.45, 7) is 4.01. The van der Waals surface area contributed by atoms with Crippen LogP contribution in [0.25, 0.3) is 0 Å². The molecule has 0 bridgehead atoms. The van der Waals surface area contributed by atoms with Crippen LogP contribution >= 0.6 is 0 Å². The zero-order valence-corrected chi connectivity index (χ0v) is 13.3. The molecule has 0 N–H and O–H groups in total. The lowest BCUT2D eigenvalue weighted by molar-refractivity contribution is 0.137. The van der Waals surface area contributed by atoms with E-state index in [9.17, 15) is 0 Å². The van der Waals surface area contributed by atoms with Crippen LogP contribution in [-0.4, -0.2) is 28.5 Å². The van der Waals surface area contributed by atoms with Crippen LogP contribution in [0.1, 0.15) is 42.4 Å². The van der Waals surface area contributed by atoms with Gasteiger partial charge in [-0.3, -0.25) is 4.90 Å². The quantitative estimate of drug-likeness (QED) is 0.865. The van der Waals surface area contributed by atoms with E-state index in [0.717, 1.165) is 30.4 Å². The van der Waals surface area contributed by atoms with E-state index in [-0.39, 0.29) is 0 Å². The zero-order valence-electron chi connectivity index (χ0n) is 13.3. The van der Waals surface area contributed by atoms with Crippen molar-refractivity contribution in [3.05, 3.63) is 53.6 Å². The van der Waals surface area contributed by atoms with Crippen molar-refractivity contribution in [1.82, 2.24) is 14.9 Å². The summed E-state index contributed by atoms with van der Waals surface area (Å²) in [5.41, 5.74) is 2.44. The molecule has 0 radical (unpaired) electrons. The lowest BCUT2D eigenvalue weighted by Gasteiger charge is -2.35. The average Bonchev–Trinajstić information content (AvgIpc) is 2.55. The lowest BCUT2D eigenvalue weighted by atomic mass is 9.98. The van der Waals surface area contributed by atoms with Gasteiger partial charge >= 0.3 is 0 Å². The van der Waals surface area contributed by atoms with E-state index in [1.54, 1.807) is 7.11 Å². The molecule has 0 saturated carbocycles. The first kappa shape index (κ1) is 15.0. The van der Waals surface area contributed by atoms with Crippen LogP contribution in [0.5, 0.6) is 5.75 Å². The van der Waals surface area contributed by atoms with Gasteiger partial charge in [0.25, 0.3) is 0 Å². The van der Waals surface area contributed by atoms with Crippen molar-refractivity contribution in [1.29, 1.82) is 0 Å². The van der Waals surface area contributed by atoms with Crippen molar-refractivity contribution in [3.63, 3.8) is 0 Å². The number of likely N-dealkylation sites (tertiary alicyclic amines) is 1. The molecule has 116 valence electrons. The van der Waals surface area contributed by atoms with Crippen LogP contribution in [0.2, 0.25) is 0 Å². The van der Waals surface area contributed by atoms with Gasteiger partial charge in [-0.05, 0) is 50.1 Å². The Balaban J connectivity index is 1.80. The van der Waals surface area contributed by atoms with Crippen LogP contribution in [-0.2, 0) is 6.54 Å². The molecular weight excluding hydrogens is 274 g/mol. The number of piperidine rings is 1. The molecule has 2 aromatic rings. The third-order valence-electron chi connectivity index (χ3n) is 4.27. The molecule has 0 amide bonds. The Hall–Kier alpha value is -1.94. The Morgan fingerprint density at radius 1 is 1.27 bits per heavy atom. The average molecular weight is 297 g/mol. The van der Waals surface area contributed by atoms with Crippen molar-refractivity contribution in [2.75, 3.05) is 13.7 Å². The summed E-state index contributed by atoms with van der Waals surface area (Å²) in [7, 11) is 1.71. The number of hydrogen-bond acceptors (Lipinski definition) is 4. The molecule has 1 saturated heterocycles. The van der Waals surface area contributed by atoms with Crippen LogP contribution < -0.4 is 4.74 Å². The first-order chi connectivity index (χ1) is 10.8. The Labute approximate surface area is 132 Å². The van der Waals surface area contributed by atoms with Gasteiger partial charge in [0, 0.05) is 12.7 Å². The van der Waals surface area contributed by atoms with E-state index in [1.807, 2.05) is 19.2 Å². The zero-order chi connectivity index (χ0) is 15.4. The number of aromatic nitrogens is 2. The summed E-state index contributed by atoms with van der Waals surface area (Å²) < 4.78 is 5.33. The number of hydrogen-bond donors (Lipinski definition) is 0. The van der Waals surface area contributed by atoms with E-state index in [0.29, 0.717) is 6.04 Å². The van der Waals surface area contributed by atoms with Gasteiger partial charge in [-0.15, -0.1) is 0 Å². The van der Waals surface area contributed by atoms with Gasteiger partial charge < -0.3 is 4.74 Å². The highest BCUT2D eigenvalue weighted by molar-refractivity contribution is 5.28. The van der Waals surface area contributed by atoms with Crippen LogP contribution in [0.3, 0.4) is 0 Å². The molecule has 1 atom stereocenters. The molecule has 1 aliphatic rings. The standard InChI is InChI=1S/C18H23N3O/c1-14-19-10-9-17(20-14)18-8-3-4-11-21(18)13-15-6-5-7-16(12-15)22-2/h5-7,9-10,12,18H,3-4,8,11,13H2,1-2H3/t18-/m1/s1. The van der Waals surface area contributed by atoms with Crippen molar-refractivity contribution in [2.45, 2.75) is 38.8 Å². The normalized spacial score (nSPS) is 19.1. The fourth-order valence-electron chi connectivity index (χ4n) is 3.18. The van der Waals surface area contributed by atoms with Gasteiger partial charge in [0.05, 0.1) is 18.8 Å². The monoisotopic (exact) mass is 297 g/mol. The van der Waals surface area contributed by atoms with Crippen molar-refractivity contribution >= 4 is 0 Å². The van der Waals surface area contributed by atoms with E-state index >= 15 is 0 Å². The molecule has 22 heavy (non-hydrogen) atoms. The van der Waals surface area contributed by atoms with Gasteiger partial charge in [-0.2, -0.15) is 0 Å². The van der Waals surface area contributed by atoms with Gasteiger partial charge in [0.1, 0.15) is 11.6 Å². The maximum absolute atomic E-state index is 5.33. The number of benzene rings is 1. The minimum absolute atomic E-state index is 0.390. The third-order valence-corrected chi connectivity index (χ3v) is 4.27. The Kier molecular flexibility index (Phi) is 4.68. The molecule has 4 heteroatoms. The van der Waals surface area contributed by atoms with Gasteiger partial charge in [0.15, 0.2) is 0 Å². The first-order valence-electron chi connectivity index (χ1n) is 7.93. The van der Waals surface area contributed by atoms with Gasteiger partial charge in [-0.25, -0.2) is 9.97 Å². The molecule has 0 spiro atoms. The lowest BCUT2D eigenvalue weighted by Crippen LogP contribution is -2.33. The minimum atomic E-state index is 0.390. The highest BCUT2D eigenvalue weighted by Gasteiger charge is 2.25. The summed E-state index contributed by atoms with van der Waals surface area (Å²) in [6, 6.07) is 10.8. The second kappa shape index (κ2) is 6.88. The number of methoxy groups -OCH3 is 1. The summed E-state index contributed by atoms with van der Waals surface area (Å²) in [5.74, 6) is 1.77. The minimum Gasteiger partial charge on any atom is -0.497 e. The summed E-state index contributed by atoms with van der Waals surface area (Å²) in [5, 5.41) is 0. The van der Waals surface area contributed by atoms with E-state index in [4.69, 9.17) is 4.74 Å². The van der Waals surface area contributed by atoms with Crippen LogP contribution in [0, 0.1) is 6.92 Å². The van der Waals surface area contributed by atoms with E-state index < -0.39 is 0 Å². The number of ether oxygens (including phenoxy) is 1. The molecule has 0 aliphatic carbocycles. The smallest absolute Gasteiger partial charge is 0.125 e. The fraction of sp³-hybridized carbons (Fsp3) is 0.444. The molecule has 2 heterocycles. The molecule has 3 rings (SSSR count). The van der Waals surface area contributed by atoms with Crippen LogP contribution in [0.15, 0.2) is 36.5 Å². The molecule has 1 aliphatic heterocycles. The second-order valence-electron chi connectivity index (χ2n) is 5.86. The maximum Gasteiger partial charge on any atom is 0.125 e. The van der Waals surface area contributed by atoms with Gasteiger partial charge in [-0.1, -0.05) is 18.6 Å². The topological polar surface area (TPSA) is 38.2 Å². The predicted octanol–water partition coefficient (Wildman–Crippen LogP) is 3.52. The highest BCUT2D eigenvalue weighted by atomic mass is 16.5. The maximum atomic E-state index is 5.33. The number of nitrogens with zero attached hydrogens (tertiary/aromatic N) is 3. The third kappa shape index (κ3) is 3.45. The first-order valence-corrected chi connectivity index (χ1v) is 7.93.